The molecule has 5 rings (SSSR count). The van der Waals surface area contributed by atoms with Gasteiger partial charge in [-0.05, 0) is 27.7 Å². The first kappa shape index (κ1) is 31.0. The standard InChI is InChI=1S/C26H28N16O4/c1-11-18(15(44)9-43)24(39(5)35-11)33-31-20-13(3)37-41(22(20)27)16-8-17(30-10-29-16)42-23(28)21(14(4)38-42)32-34-25-19(26(45)46-7)12(2)36-40(25)6/h8-10H,27-28H2,1-7H3. The molecule has 0 aliphatic carbocycles. The Balaban J connectivity index is 1.49. The predicted molar refractivity (Wildman–Crippen MR) is 161 cm³/mol. The van der Waals surface area contributed by atoms with Crippen LogP contribution in [0.2, 0.25) is 0 Å². The largest absolute Gasteiger partial charge is 0.465 e. The number of nitrogen functional groups attached to an aromatic ring is 2. The molecule has 46 heavy (non-hydrogen) atoms. The maximum Gasteiger partial charge on any atom is 0.343 e. The number of anilines is 2. The van der Waals surface area contributed by atoms with E-state index in [1.54, 1.807) is 47.9 Å². The van der Waals surface area contributed by atoms with Gasteiger partial charge in [-0.15, -0.1) is 20.5 Å². The van der Waals surface area contributed by atoms with Crippen LogP contribution < -0.4 is 11.5 Å². The van der Waals surface area contributed by atoms with E-state index in [4.69, 9.17) is 16.2 Å². The zero-order chi connectivity index (χ0) is 33.4. The minimum absolute atomic E-state index is 0.0376. The summed E-state index contributed by atoms with van der Waals surface area (Å²) in [6.07, 6.45) is 1.46. The number of carbonyl (C=O) groups is 3. The molecule has 0 aliphatic heterocycles. The Morgan fingerprint density at radius 3 is 1.65 bits per heavy atom. The van der Waals surface area contributed by atoms with Crippen molar-refractivity contribution in [2.45, 2.75) is 27.7 Å². The molecule has 5 aromatic heterocycles. The van der Waals surface area contributed by atoms with Crippen molar-refractivity contribution in [3.8, 4) is 11.6 Å². The molecule has 20 nitrogen and oxygen atoms in total. The molecule has 0 aromatic carbocycles. The van der Waals surface area contributed by atoms with E-state index in [1.807, 2.05) is 0 Å². The molecule has 0 saturated carbocycles. The van der Waals surface area contributed by atoms with Crippen molar-refractivity contribution in [2.24, 2.45) is 34.6 Å². The van der Waals surface area contributed by atoms with Crippen LogP contribution >= 0.6 is 0 Å². The number of aromatic nitrogens is 10. The first-order chi connectivity index (χ1) is 21.9. The molecule has 0 spiro atoms. The highest BCUT2D eigenvalue weighted by Gasteiger charge is 2.23. The number of rotatable bonds is 9. The third kappa shape index (κ3) is 5.27. The zero-order valence-corrected chi connectivity index (χ0v) is 25.8. The van der Waals surface area contributed by atoms with Gasteiger partial charge in [-0.25, -0.2) is 24.1 Å². The lowest BCUT2D eigenvalue weighted by Crippen LogP contribution is -2.09. The predicted octanol–water partition coefficient (Wildman–Crippen LogP) is 2.71. The molecule has 236 valence electrons. The fourth-order valence-electron chi connectivity index (χ4n) is 4.64. The van der Waals surface area contributed by atoms with Gasteiger partial charge in [0.25, 0.3) is 0 Å². The molecule has 5 heterocycles. The second-order valence-corrected chi connectivity index (χ2v) is 9.89. The average molecular weight is 629 g/mol. The monoisotopic (exact) mass is 628 g/mol. The minimum atomic E-state index is -0.774. The smallest absolute Gasteiger partial charge is 0.343 e. The van der Waals surface area contributed by atoms with Crippen molar-refractivity contribution < 1.29 is 19.1 Å². The normalized spacial score (nSPS) is 11.6. The molecule has 5 aromatic rings. The topological polar surface area (TPSA) is 259 Å². The number of azo groups is 2. The Kier molecular flexibility index (Phi) is 8.01. The molecular weight excluding hydrogens is 600 g/mol. The van der Waals surface area contributed by atoms with Crippen LogP contribution in [-0.4, -0.2) is 74.2 Å². The maximum atomic E-state index is 12.3. The Labute approximate surface area is 259 Å². The van der Waals surface area contributed by atoms with Crippen molar-refractivity contribution in [3.05, 3.63) is 46.3 Å². The molecule has 0 aliphatic rings. The summed E-state index contributed by atoms with van der Waals surface area (Å²) in [4.78, 5) is 44.1. The lowest BCUT2D eigenvalue weighted by atomic mass is 10.2. The van der Waals surface area contributed by atoms with Crippen LogP contribution in [0.4, 0.5) is 34.6 Å². The van der Waals surface area contributed by atoms with Crippen molar-refractivity contribution in [1.29, 1.82) is 0 Å². The second kappa shape index (κ2) is 11.9. The van der Waals surface area contributed by atoms with Gasteiger partial charge in [0.2, 0.25) is 5.78 Å². The molecule has 0 atom stereocenters. The molecule has 0 bridgehead atoms. The summed E-state index contributed by atoms with van der Waals surface area (Å²) in [5.74, 6) is -0.400. The number of ether oxygens (including phenoxy) is 1. The number of nitrogens with zero attached hydrogens (tertiary/aromatic N) is 14. The van der Waals surface area contributed by atoms with Gasteiger partial charge in [-0.1, -0.05) is 0 Å². The quantitative estimate of drug-likeness (QED) is 0.0785. The van der Waals surface area contributed by atoms with E-state index in [0.29, 0.717) is 22.8 Å². The van der Waals surface area contributed by atoms with E-state index < -0.39 is 11.8 Å². The summed E-state index contributed by atoms with van der Waals surface area (Å²) in [6.45, 7) is 6.59. The van der Waals surface area contributed by atoms with E-state index in [-0.39, 0.29) is 63.7 Å². The number of nitrogens with two attached hydrogens (primary N) is 2. The Hall–Kier alpha value is -6.47. The van der Waals surface area contributed by atoms with E-state index in [1.165, 1.54) is 32.2 Å². The summed E-state index contributed by atoms with van der Waals surface area (Å²) in [6, 6.07) is 1.54. The molecule has 0 unspecified atom stereocenters. The number of carbonyl (C=O) groups excluding carboxylic acids is 3. The number of hydrogen-bond acceptors (Lipinski definition) is 16. The number of methoxy groups -OCH3 is 1. The first-order valence-corrected chi connectivity index (χ1v) is 13.4. The molecule has 4 N–H and O–H groups in total. The fourth-order valence-corrected chi connectivity index (χ4v) is 4.64. The lowest BCUT2D eigenvalue weighted by Gasteiger charge is -2.06. The minimum Gasteiger partial charge on any atom is -0.465 e. The first-order valence-electron chi connectivity index (χ1n) is 13.4. The van der Waals surface area contributed by atoms with Crippen molar-refractivity contribution in [3.63, 3.8) is 0 Å². The van der Waals surface area contributed by atoms with Gasteiger partial charge >= 0.3 is 5.97 Å². The van der Waals surface area contributed by atoms with Gasteiger partial charge in [-0.2, -0.15) is 29.8 Å². The van der Waals surface area contributed by atoms with Crippen LogP contribution in [0.3, 0.4) is 0 Å². The van der Waals surface area contributed by atoms with E-state index >= 15 is 0 Å². The zero-order valence-electron chi connectivity index (χ0n) is 25.8. The summed E-state index contributed by atoms with van der Waals surface area (Å²) >= 11 is 0. The van der Waals surface area contributed by atoms with Crippen LogP contribution in [0.5, 0.6) is 0 Å². The van der Waals surface area contributed by atoms with Crippen molar-refractivity contribution in [1.82, 2.24) is 49.1 Å². The summed E-state index contributed by atoms with van der Waals surface area (Å²) in [5.41, 5.74) is 15.1. The molecule has 0 saturated heterocycles. The number of esters is 1. The number of ketones is 1. The summed E-state index contributed by atoms with van der Waals surface area (Å²) in [7, 11) is 4.46. The van der Waals surface area contributed by atoms with Gasteiger partial charge in [-0.3, -0.25) is 9.59 Å². The maximum absolute atomic E-state index is 12.3. The SMILES string of the molecule is COC(=O)c1c(C)nn(C)c1N=Nc1c(C)nn(-c2cc(-n3nc(C)c(N=Nc4c(C(=O)C=O)c(C)nn4C)c3N)ncn2)c1N. The Bertz CT molecular complexity index is 2090. The Morgan fingerprint density at radius 1 is 0.739 bits per heavy atom. The third-order valence-electron chi connectivity index (χ3n) is 6.82. The Morgan fingerprint density at radius 2 is 1.20 bits per heavy atom. The molecule has 20 heteroatoms. The molecular formula is C26H28N16O4. The van der Waals surface area contributed by atoms with Crippen LogP contribution in [0.15, 0.2) is 32.9 Å². The number of aldehydes is 1. The molecule has 0 radical (unpaired) electrons. The van der Waals surface area contributed by atoms with Crippen LogP contribution in [0, 0.1) is 27.7 Å². The molecule has 0 amide bonds. The van der Waals surface area contributed by atoms with Gasteiger partial charge in [0, 0.05) is 20.2 Å². The number of Topliss-reactive ketones (excluding diaryl/α,β-unsaturated/α-hetero) is 1. The van der Waals surface area contributed by atoms with Gasteiger partial charge in [0.05, 0.1) is 35.4 Å². The van der Waals surface area contributed by atoms with Crippen LogP contribution in [-0.2, 0) is 23.6 Å². The summed E-state index contributed by atoms with van der Waals surface area (Å²) in [5, 5.41) is 34.1. The van der Waals surface area contributed by atoms with Gasteiger partial charge in [0.15, 0.2) is 52.6 Å². The fraction of sp³-hybridized carbons (Fsp3) is 0.269. The highest BCUT2D eigenvalue weighted by molar-refractivity contribution is 6.35. The van der Waals surface area contributed by atoms with Crippen LogP contribution in [0.25, 0.3) is 11.6 Å². The number of hydrogen-bond donors (Lipinski definition) is 2. The van der Waals surface area contributed by atoms with E-state index in [9.17, 15) is 14.4 Å². The highest BCUT2D eigenvalue weighted by atomic mass is 16.5. The van der Waals surface area contributed by atoms with Gasteiger partial charge in [0.1, 0.15) is 11.9 Å². The highest BCUT2D eigenvalue weighted by Crippen LogP contribution is 2.34. The number of aryl methyl sites for hydroxylation is 6. The third-order valence-corrected chi connectivity index (χ3v) is 6.82. The lowest BCUT2D eigenvalue weighted by molar-refractivity contribution is -0.104. The molecule has 0 fully saturated rings. The van der Waals surface area contributed by atoms with Gasteiger partial charge < -0.3 is 16.2 Å². The van der Waals surface area contributed by atoms with Crippen molar-refractivity contribution >= 4 is 52.7 Å². The second-order valence-electron chi connectivity index (χ2n) is 9.89. The van der Waals surface area contributed by atoms with Crippen LogP contribution in [0.1, 0.15) is 43.5 Å². The summed E-state index contributed by atoms with van der Waals surface area (Å²) < 4.78 is 10.3. The van der Waals surface area contributed by atoms with E-state index in [0.717, 1.165) is 0 Å². The van der Waals surface area contributed by atoms with Crippen molar-refractivity contribution in [2.75, 3.05) is 18.6 Å². The van der Waals surface area contributed by atoms with E-state index in [2.05, 4.69) is 50.8 Å². The average Bonchev–Trinajstić information content (AvgIpc) is 3.68.